The molecule has 0 aromatic rings. The first-order valence-electron chi connectivity index (χ1n) is 2.97. The normalized spacial score (nSPS) is 56.0. The SMILES string of the molecule is [2H]C1C=CCC1[2H]. The highest BCUT2D eigenvalue weighted by Gasteiger charge is 1.84. The van der Waals surface area contributed by atoms with Crippen LogP contribution in [0.4, 0.5) is 0 Å². The third-order valence-electron chi connectivity index (χ3n) is 0.655. The van der Waals surface area contributed by atoms with Crippen molar-refractivity contribution in [1.29, 1.82) is 0 Å². The minimum absolute atomic E-state index is 0.181. The molecule has 0 bridgehead atoms. The van der Waals surface area contributed by atoms with Gasteiger partial charge >= 0.3 is 0 Å². The molecule has 5 heavy (non-hydrogen) atoms. The highest BCUT2D eigenvalue weighted by Crippen LogP contribution is 2.05. The van der Waals surface area contributed by atoms with Crippen molar-refractivity contribution in [2.45, 2.75) is 19.2 Å². The van der Waals surface area contributed by atoms with Gasteiger partial charge in [0.1, 0.15) is 0 Å². The van der Waals surface area contributed by atoms with Gasteiger partial charge in [-0.1, -0.05) is 12.2 Å². The zero-order valence-corrected chi connectivity index (χ0v) is 3.02. The molecule has 1 rings (SSSR count). The van der Waals surface area contributed by atoms with Gasteiger partial charge in [-0.3, -0.25) is 0 Å². The molecule has 2 unspecified atom stereocenters. The summed E-state index contributed by atoms with van der Waals surface area (Å²) >= 11 is 0. The Hall–Kier alpha value is -0.260. The van der Waals surface area contributed by atoms with Crippen molar-refractivity contribution in [3.05, 3.63) is 12.2 Å². The largest absolute Gasteiger partial charge is 0.0885 e. The average molecular weight is 70.1 g/mol. The number of allylic oxidation sites excluding steroid dienone is 2. The van der Waals surface area contributed by atoms with E-state index in [1.165, 1.54) is 0 Å². The lowest BCUT2D eigenvalue weighted by Crippen LogP contribution is -1.50. The molecule has 0 saturated carbocycles. The van der Waals surface area contributed by atoms with Gasteiger partial charge in [0, 0.05) is 2.74 Å². The first-order valence-corrected chi connectivity index (χ1v) is 1.82. The second-order valence-electron chi connectivity index (χ2n) is 1.09. The molecule has 0 radical (unpaired) electrons. The van der Waals surface area contributed by atoms with Crippen LogP contribution in [-0.4, -0.2) is 0 Å². The summed E-state index contributed by atoms with van der Waals surface area (Å²) in [5, 5.41) is 0. The monoisotopic (exact) mass is 70.1 g/mol. The number of rotatable bonds is 0. The molecule has 1 aliphatic carbocycles. The summed E-state index contributed by atoms with van der Waals surface area (Å²) in [5.74, 6) is 0. The van der Waals surface area contributed by atoms with Gasteiger partial charge in [-0.2, -0.15) is 0 Å². The molecule has 0 amide bonds. The van der Waals surface area contributed by atoms with Crippen molar-refractivity contribution in [3.63, 3.8) is 0 Å². The van der Waals surface area contributed by atoms with E-state index in [9.17, 15) is 0 Å². The van der Waals surface area contributed by atoms with Gasteiger partial charge in [0.2, 0.25) is 0 Å². The third kappa shape index (κ3) is 0.504. The standard InChI is InChI=1S/C5H8/c1-2-4-5-3-1/h1-2H,3-5H2/i3D,5D. The Morgan fingerprint density at radius 1 is 1.60 bits per heavy atom. The molecule has 0 nitrogen and oxygen atoms in total. The van der Waals surface area contributed by atoms with Crippen molar-refractivity contribution in [1.82, 2.24) is 0 Å². The molecule has 2 atom stereocenters. The van der Waals surface area contributed by atoms with Crippen molar-refractivity contribution in [2.24, 2.45) is 0 Å². The minimum atomic E-state index is -0.250. The van der Waals surface area contributed by atoms with Crippen LogP contribution in [-0.2, 0) is 0 Å². The Bertz CT molecular complexity index is 88.1. The van der Waals surface area contributed by atoms with E-state index in [1.807, 2.05) is 6.08 Å². The number of hydrogen-bond donors (Lipinski definition) is 0. The zero-order chi connectivity index (χ0) is 5.28. The summed E-state index contributed by atoms with van der Waals surface area (Å²) in [6.45, 7) is 0. The smallest absolute Gasteiger partial charge is 0.0310 e. The second-order valence-corrected chi connectivity index (χ2v) is 1.09. The lowest BCUT2D eigenvalue weighted by Gasteiger charge is -1.69. The van der Waals surface area contributed by atoms with Crippen LogP contribution >= 0.6 is 0 Å². The maximum atomic E-state index is 7.09. The van der Waals surface area contributed by atoms with Gasteiger partial charge in [-0.05, 0) is 19.2 Å². The molecule has 0 N–H and O–H groups in total. The summed E-state index contributed by atoms with van der Waals surface area (Å²) in [6.07, 6.45) is 4.02. The summed E-state index contributed by atoms with van der Waals surface area (Å²) in [6, 6.07) is 0. The first-order chi connectivity index (χ1) is 3.30. The highest BCUT2D eigenvalue weighted by molar-refractivity contribution is 4.88. The van der Waals surface area contributed by atoms with Crippen molar-refractivity contribution >= 4 is 0 Å². The summed E-state index contributed by atoms with van der Waals surface area (Å²) in [5.41, 5.74) is 0. The lowest BCUT2D eigenvalue weighted by molar-refractivity contribution is 0.929. The molecule has 0 spiro atoms. The Kier molecular flexibility index (Phi) is 0.365. The topological polar surface area (TPSA) is 0 Å². The molecule has 0 aromatic heterocycles. The maximum absolute atomic E-state index is 7.09. The van der Waals surface area contributed by atoms with E-state index in [0.29, 0.717) is 0 Å². The fourth-order valence-corrected chi connectivity index (χ4v) is 0.393. The Morgan fingerprint density at radius 3 is 2.80 bits per heavy atom. The van der Waals surface area contributed by atoms with Gasteiger partial charge in [0.15, 0.2) is 0 Å². The van der Waals surface area contributed by atoms with Crippen LogP contribution in [0, 0.1) is 0 Å². The molecule has 28 valence electrons. The van der Waals surface area contributed by atoms with Crippen molar-refractivity contribution in [3.8, 4) is 0 Å². The van der Waals surface area contributed by atoms with E-state index in [0.717, 1.165) is 6.42 Å². The van der Waals surface area contributed by atoms with Gasteiger partial charge in [0.25, 0.3) is 0 Å². The van der Waals surface area contributed by atoms with Crippen molar-refractivity contribution in [2.75, 3.05) is 0 Å². The molecular formula is C5H8. The van der Waals surface area contributed by atoms with Crippen LogP contribution in [0.15, 0.2) is 12.2 Å². The zero-order valence-electron chi connectivity index (χ0n) is 5.02. The molecule has 0 heteroatoms. The molecule has 1 aliphatic rings. The highest BCUT2D eigenvalue weighted by atomic mass is 13.9. The Labute approximate surface area is 35.3 Å². The molecule has 0 heterocycles. The molecule has 0 fully saturated rings. The van der Waals surface area contributed by atoms with Crippen LogP contribution in [0.5, 0.6) is 0 Å². The van der Waals surface area contributed by atoms with Crippen LogP contribution in [0.1, 0.15) is 22.0 Å². The molecule has 0 aromatic carbocycles. The van der Waals surface area contributed by atoms with Crippen LogP contribution in [0.25, 0.3) is 0 Å². The maximum Gasteiger partial charge on any atom is 0.0310 e. The van der Waals surface area contributed by atoms with E-state index in [4.69, 9.17) is 2.74 Å². The average Bonchev–Trinajstić information content (AvgIpc) is 1.91. The summed E-state index contributed by atoms with van der Waals surface area (Å²) in [4.78, 5) is 0. The Balaban J connectivity index is 2.45. The van der Waals surface area contributed by atoms with E-state index >= 15 is 0 Å². The summed E-state index contributed by atoms with van der Waals surface area (Å²) < 4.78 is 14.2. The predicted octanol–water partition coefficient (Wildman–Crippen LogP) is 1.73. The third-order valence-corrected chi connectivity index (χ3v) is 0.655. The Morgan fingerprint density at radius 2 is 2.60 bits per heavy atom. The molecular weight excluding hydrogens is 60.1 g/mol. The molecule has 0 saturated heterocycles. The first kappa shape index (κ1) is 1.46. The van der Waals surface area contributed by atoms with Gasteiger partial charge in [-0.15, -0.1) is 0 Å². The fraction of sp³-hybridized carbons (Fsp3) is 0.600. The lowest BCUT2D eigenvalue weighted by atomic mass is 10.4. The summed E-state index contributed by atoms with van der Waals surface area (Å²) in [7, 11) is 0. The number of hydrogen-bond acceptors (Lipinski definition) is 0. The van der Waals surface area contributed by atoms with E-state index in [1.54, 1.807) is 6.08 Å². The quantitative estimate of drug-likeness (QED) is 0.381. The minimum Gasteiger partial charge on any atom is -0.0885 e. The van der Waals surface area contributed by atoms with Crippen molar-refractivity contribution < 1.29 is 2.74 Å². The molecule has 0 aliphatic heterocycles. The van der Waals surface area contributed by atoms with E-state index in [-0.39, 0.29) is 12.8 Å². The van der Waals surface area contributed by atoms with Gasteiger partial charge in [0.05, 0.1) is 0 Å². The van der Waals surface area contributed by atoms with E-state index in [2.05, 4.69) is 0 Å². The van der Waals surface area contributed by atoms with Gasteiger partial charge < -0.3 is 0 Å². The fourth-order valence-electron chi connectivity index (χ4n) is 0.393. The second kappa shape index (κ2) is 1.25. The van der Waals surface area contributed by atoms with Crippen LogP contribution < -0.4 is 0 Å². The van der Waals surface area contributed by atoms with Crippen LogP contribution in [0.2, 0.25) is 0 Å². The van der Waals surface area contributed by atoms with Crippen LogP contribution in [0.3, 0.4) is 0 Å². The predicted molar refractivity (Wildman–Crippen MR) is 23.0 cm³/mol. The van der Waals surface area contributed by atoms with E-state index < -0.39 is 0 Å². The van der Waals surface area contributed by atoms with Gasteiger partial charge in [-0.25, -0.2) is 0 Å².